The number of guanidine groups is 1. The predicted molar refractivity (Wildman–Crippen MR) is 97.6 cm³/mol. The highest BCUT2D eigenvalue weighted by molar-refractivity contribution is 9.10. The number of sulfone groups is 1. The van der Waals surface area contributed by atoms with Gasteiger partial charge in [0.15, 0.2) is 27.3 Å². The van der Waals surface area contributed by atoms with Gasteiger partial charge in [0.2, 0.25) is 0 Å². The lowest BCUT2D eigenvalue weighted by Gasteiger charge is -2.17. The standard InChI is InChI=1S/C15H22BrN3O4S/c1-17-15(19-11-4-5-24(20,21)9-11)18-8-10-6-12(16)14(23-3)13(7-10)22-2/h6-7,11H,4-5,8-9H2,1-3H3,(H2,17,18,19). The average Bonchev–Trinajstić information content (AvgIpc) is 2.89. The van der Waals surface area contributed by atoms with E-state index in [0.29, 0.717) is 30.4 Å². The summed E-state index contributed by atoms with van der Waals surface area (Å²) in [7, 11) is 1.91. The van der Waals surface area contributed by atoms with Gasteiger partial charge in [-0.15, -0.1) is 0 Å². The molecule has 1 aromatic rings. The molecule has 0 spiro atoms. The Morgan fingerprint density at radius 1 is 1.38 bits per heavy atom. The third-order valence-electron chi connectivity index (χ3n) is 3.75. The van der Waals surface area contributed by atoms with Gasteiger partial charge in [-0.3, -0.25) is 4.99 Å². The smallest absolute Gasteiger partial charge is 0.191 e. The quantitative estimate of drug-likeness (QED) is 0.552. The molecule has 0 radical (unpaired) electrons. The van der Waals surface area contributed by atoms with Crippen LogP contribution in [0.5, 0.6) is 11.5 Å². The molecule has 9 heteroatoms. The first kappa shape index (κ1) is 18.9. The zero-order chi connectivity index (χ0) is 17.7. The molecule has 1 heterocycles. The van der Waals surface area contributed by atoms with E-state index in [1.54, 1.807) is 21.3 Å². The van der Waals surface area contributed by atoms with E-state index in [1.807, 2.05) is 12.1 Å². The van der Waals surface area contributed by atoms with Gasteiger partial charge in [0, 0.05) is 19.6 Å². The largest absolute Gasteiger partial charge is 0.493 e. The van der Waals surface area contributed by atoms with Gasteiger partial charge in [0.05, 0.1) is 30.2 Å². The second-order valence-corrected chi connectivity index (χ2v) is 8.57. The molecule has 0 bridgehead atoms. The van der Waals surface area contributed by atoms with Crippen LogP contribution >= 0.6 is 15.9 Å². The van der Waals surface area contributed by atoms with Crippen molar-refractivity contribution in [1.82, 2.24) is 10.6 Å². The maximum atomic E-state index is 11.5. The number of nitrogens with one attached hydrogen (secondary N) is 2. The molecule has 1 aliphatic rings. The van der Waals surface area contributed by atoms with Crippen LogP contribution < -0.4 is 20.1 Å². The Balaban J connectivity index is 2.00. The van der Waals surface area contributed by atoms with Gasteiger partial charge < -0.3 is 20.1 Å². The first-order chi connectivity index (χ1) is 11.4. The summed E-state index contributed by atoms with van der Waals surface area (Å²) in [5.41, 5.74) is 0.974. The van der Waals surface area contributed by atoms with Crippen molar-refractivity contribution >= 4 is 31.7 Å². The van der Waals surface area contributed by atoms with Crippen molar-refractivity contribution in [1.29, 1.82) is 0 Å². The molecule has 2 N–H and O–H groups in total. The van der Waals surface area contributed by atoms with E-state index < -0.39 is 9.84 Å². The molecule has 1 aliphatic heterocycles. The van der Waals surface area contributed by atoms with E-state index in [1.165, 1.54) is 0 Å². The maximum Gasteiger partial charge on any atom is 0.191 e. The Hall–Kier alpha value is -1.48. The summed E-state index contributed by atoms with van der Waals surface area (Å²) in [6.45, 7) is 0.512. The van der Waals surface area contributed by atoms with Crippen LogP contribution in [-0.2, 0) is 16.4 Å². The molecular weight excluding hydrogens is 398 g/mol. The third kappa shape index (κ3) is 4.76. The zero-order valence-electron chi connectivity index (χ0n) is 13.9. The van der Waals surface area contributed by atoms with Crippen LogP contribution in [0.2, 0.25) is 0 Å². The first-order valence-corrected chi connectivity index (χ1v) is 10.1. The molecule has 1 saturated heterocycles. The highest BCUT2D eigenvalue weighted by atomic mass is 79.9. The van der Waals surface area contributed by atoms with Crippen molar-refractivity contribution in [3.8, 4) is 11.5 Å². The lowest BCUT2D eigenvalue weighted by atomic mass is 10.2. The van der Waals surface area contributed by atoms with Crippen molar-refractivity contribution in [2.45, 2.75) is 19.0 Å². The van der Waals surface area contributed by atoms with Crippen molar-refractivity contribution in [2.24, 2.45) is 4.99 Å². The fraction of sp³-hybridized carbons (Fsp3) is 0.533. The Bertz CT molecular complexity index is 722. The monoisotopic (exact) mass is 419 g/mol. The molecule has 134 valence electrons. The molecule has 7 nitrogen and oxygen atoms in total. The minimum absolute atomic E-state index is 0.0988. The SMILES string of the molecule is CN=C(NCc1cc(Br)c(OC)c(OC)c1)NC1CCS(=O)(=O)C1. The molecule has 0 saturated carbocycles. The molecular formula is C15H22BrN3O4S. The summed E-state index contributed by atoms with van der Waals surface area (Å²) in [5, 5.41) is 6.33. The van der Waals surface area contributed by atoms with E-state index >= 15 is 0 Å². The lowest BCUT2D eigenvalue weighted by molar-refractivity contribution is 0.352. The van der Waals surface area contributed by atoms with Gasteiger partial charge in [-0.25, -0.2) is 8.42 Å². The van der Waals surface area contributed by atoms with Gasteiger partial charge >= 0.3 is 0 Å². The highest BCUT2D eigenvalue weighted by Gasteiger charge is 2.28. The fourth-order valence-electron chi connectivity index (χ4n) is 2.56. The van der Waals surface area contributed by atoms with Crippen molar-refractivity contribution in [3.63, 3.8) is 0 Å². The van der Waals surface area contributed by atoms with Crippen LogP contribution in [0.3, 0.4) is 0 Å². The predicted octanol–water partition coefficient (Wildman–Crippen LogP) is 1.32. The fourth-order valence-corrected chi connectivity index (χ4v) is 4.88. The molecule has 1 aromatic carbocycles. The van der Waals surface area contributed by atoms with Gasteiger partial charge in [-0.05, 0) is 40.0 Å². The van der Waals surface area contributed by atoms with E-state index in [9.17, 15) is 8.42 Å². The van der Waals surface area contributed by atoms with E-state index in [4.69, 9.17) is 9.47 Å². The number of benzene rings is 1. The van der Waals surface area contributed by atoms with Crippen LogP contribution in [0, 0.1) is 0 Å². The number of aliphatic imine (C=N–C) groups is 1. The number of methoxy groups -OCH3 is 2. The lowest BCUT2D eigenvalue weighted by Crippen LogP contribution is -2.43. The Labute approximate surface area is 150 Å². The number of halogens is 1. The molecule has 0 aliphatic carbocycles. The van der Waals surface area contributed by atoms with Gasteiger partial charge in [0.25, 0.3) is 0 Å². The number of hydrogen-bond donors (Lipinski definition) is 2. The number of rotatable bonds is 5. The molecule has 2 rings (SSSR count). The second kappa shape index (κ2) is 8.06. The molecule has 0 aromatic heterocycles. The minimum Gasteiger partial charge on any atom is -0.493 e. The van der Waals surface area contributed by atoms with Crippen LogP contribution in [0.4, 0.5) is 0 Å². The molecule has 1 fully saturated rings. The van der Waals surface area contributed by atoms with E-state index in [2.05, 4.69) is 31.6 Å². The van der Waals surface area contributed by atoms with Crippen molar-refractivity contribution in [3.05, 3.63) is 22.2 Å². The Kier molecular flexibility index (Phi) is 6.34. The second-order valence-electron chi connectivity index (χ2n) is 5.48. The summed E-state index contributed by atoms with van der Waals surface area (Å²) in [5.74, 6) is 2.22. The summed E-state index contributed by atoms with van der Waals surface area (Å²) in [6.07, 6.45) is 0.602. The maximum absolute atomic E-state index is 11.5. The van der Waals surface area contributed by atoms with Crippen LogP contribution in [-0.4, -0.2) is 53.2 Å². The number of ether oxygens (including phenoxy) is 2. The summed E-state index contributed by atoms with van der Waals surface area (Å²) in [4.78, 5) is 4.15. The summed E-state index contributed by atoms with van der Waals surface area (Å²) >= 11 is 3.46. The molecule has 1 unspecified atom stereocenters. The Morgan fingerprint density at radius 2 is 2.12 bits per heavy atom. The van der Waals surface area contributed by atoms with E-state index in [-0.39, 0.29) is 17.5 Å². The van der Waals surface area contributed by atoms with Crippen molar-refractivity contribution < 1.29 is 17.9 Å². The third-order valence-corrected chi connectivity index (χ3v) is 6.11. The average molecular weight is 420 g/mol. The zero-order valence-corrected chi connectivity index (χ0v) is 16.3. The van der Waals surface area contributed by atoms with Gasteiger partial charge in [-0.1, -0.05) is 0 Å². The molecule has 0 amide bonds. The van der Waals surface area contributed by atoms with Crippen LogP contribution in [0.15, 0.2) is 21.6 Å². The number of hydrogen-bond acceptors (Lipinski definition) is 5. The summed E-state index contributed by atoms with van der Waals surface area (Å²) in [6, 6.07) is 3.71. The van der Waals surface area contributed by atoms with Gasteiger partial charge in [0.1, 0.15) is 0 Å². The van der Waals surface area contributed by atoms with Crippen LogP contribution in [0.25, 0.3) is 0 Å². The minimum atomic E-state index is -2.92. The Morgan fingerprint density at radius 3 is 2.67 bits per heavy atom. The van der Waals surface area contributed by atoms with Gasteiger partial charge in [-0.2, -0.15) is 0 Å². The number of nitrogens with zero attached hydrogens (tertiary/aromatic N) is 1. The topological polar surface area (TPSA) is 89.0 Å². The van der Waals surface area contributed by atoms with Crippen LogP contribution in [0.1, 0.15) is 12.0 Å². The van der Waals surface area contributed by atoms with E-state index in [0.717, 1.165) is 10.0 Å². The highest BCUT2D eigenvalue weighted by Crippen LogP contribution is 2.36. The molecule has 24 heavy (non-hydrogen) atoms. The summed E-state index contributed by atoms with van der Waals surface area (Å²) < 4.78 is 34.5. The first-order valence-electron chi connectivity index (χ1n) is 7.46. The normalized spacial score (nSPS) is 19.8. The molecule has 1 atom stereocenters. The van der Waals surface area contributed by atoms with Crippen molar-refractivity contribution in [2.75, 3.05) is 32.8 Å².